The lowest BCUT2D eigenvalue weighted by atomic mass is 10.00. The lowest BCUT2D eigenvalue weighted by Crippen LogP contribution is -2.19. The fourth-order valence-corrected chi connectivity index (χ4v) is 3.62. The molecule has 1 aliphatic rings. The molecule has 0 bridgehead atoms. The number of aromatic nitrogens is 2. The summed E-state index contributed by atoms with van der Waals surface area (Å²) in [5.74, 6) is 0.242. The third-order valence-electron chi connectivity index (χ3n) is 4.28. The number of rotatable bonds is 2. The average Bonchev–Trinajstić information content (AvgIpc) is 2.92. The SMILES string of the molecule is CSc1ccc2c(c1)C(c1ccccc1F)=[N+]([O-])Cc1nc(C)cn1-2. The van der Waals surface area contributed by atoms with E-state index in [1.165, 1.54) is 6.07 Å². The van der Waals surface area contributed by atoms with Crippen molar-refractivity contribution in [2.24, 2.45) is 0 Å². The Kier molecular flexibility index (Phi) is 3.84. The lowest BCUT2D eigenvalue weighted by molar-refractivity contribution is -0.475. The molecule has 0 saturated carbocycles. The van der Waals surface area contributed by atoms with Gasteiger partial charge in [0.05, 0.1) is 22.5 Å². The van der Waals surface area contributed by atoms with Gasteiger partial charge in [0.2, 0.25) is 12.3 Å². The number of nitrogens with zero attached hydrogens (tertiary/aromatic N) is 3. The third-order valence-corrected chi connectivity index (χ3v) is 5.01. The van der Waals surface area contributed by atoms with Crippen LogP contribution in [0, 0.1) is 17.9 Å². The third kappa shape index (κ3) is 2.62. The topological polar surface area (TPSA) is 43.9 Å². The zero-order valence-corrected chi connectivity index (χ0v) is 14.7. The fourth-order valence-electron chi connectivity index (χ4n) is 3.18. The van der Waals surface area contributed by atoms with E-state index in [-0.39, 0.29) is 6.54 Å². The van der Waals surface area contributed by atoms with Crippen LogP contribution in [0.4, 0.5) is 4.39 Å². The molecule has 3 aromatic rings. The number of hydrogen-bond acceptors (Lipinski definition) is 3. The normalized spacial score (nSPS) is 13.4. The van der Waals surface area contributed by atoms with Crippen molar-refractivity contribution >= 4 is 17.5 Å². The van der Waals surface area contributed by atoms with Crippen molar-refractivity contribution in [2.45, 2.75) is 18.4 Å². The van der Waals surface area contributed by atoms with Crippen molar-refractivity contribution in [3.63, 3.8) is 0 Å². The van der Waals surface area contributed by atoms with Gasteiger partial charge in [-0.25, -0.2) is 9.37 Å². The Morgan fingerprint density at radius 1 is 1.20 bits per heavy atom. The Bertz CT molecular complexity index is 1010. The van der Waals surface area contributed by atoms with Gasteiger partial charge in [-0.1, -0.05) is 12.1 Å². The molecule has 2 heterocycles. The molecule has 0 saturated heterocycles. The fraction of sp³-hybridized carbons (Fsp3) is 0.158. The predicted molar refractivity (Wildman–Crippen MR) is 97.0 cm³/mol. The number of imidazole rings is 1. The summed E-state index contributed by atoms with van der Waals surface area (Å²) in [7, 11) is 0. The molecule has 4 nitrogen and oxygen atoms in total. The maximum Gasteiger partial charge on any atom is 0.231 e. The highest BCUT2D eigenvalue weighted by atomic mass is 32.2. The van der Waals surface area contributed by atoms with Crippen LogP contribution in [0.25, 0.3) is 5.69 Å². The van der Waals surface area contributed by atoms with E-state index in [4.69, 9.17) is 0 Å². The van der Waals surface area contributed by atoms with Crippen molar-refractivity contribution in [1.29, 1.82) is 0 Å². The van der Waals surface area contributed by atoms with Crippen LogP contribution in [-0.4, -0.2) is 26.3 Å². The van der Waals surface area contributed by atoms with Crippen LogP contribution in [-0.2, 0) is 6.54 Å². The molecule has 0 aliphatic carbocycles. The summed E-state index contributed by atoms with van der Waals surface area (Å²) in [6, 6.07) is 12.3. The van der Waals surface area contributed by atoms with Crippen molar-refractivity contribution in [1.82, 2.24) is 9.55 Å². The Labute approximate surface area is 149 Å². The van der Waals surface area contributed by atoms with Crippen molar-refractivity contribution < 1.29 is 9.13 Å². The monoisotopic (exact) mass is 353 g/mol. The first-order valence-corrected chi connectivity index (χ1v) is 9.11. The Morgan fingerprint density at radius 2 is 2.00 bits per heavy atom. The molecule has 0 fully saturated rings. The van der Waals surface area contributed by atoms with Crippen molar-refractivity contribution in [3.8, 4) is 5.69 Å². The van der Waals surface area contributed by atoms with Gasteiger partial charge >= 0.3 is 0 Å². The summed E-state index contributed by atoms with van der Waals surface area (Å²) >= 11 is 1.59. The standard InChI is InChI=1S/C19H16FN3OS/c1-12-10-22-17-8-7-13(25-2)9-15(17)19(23(24)11-18(22)21-12)14-5-3-4-6-16(14)20/h3-10H,11H2,1-2H3. The molecule has 0 spiro atoms. The molecule has 1 aromatic heterocycles. The second-order valence-corrected chi connectivity index (χ2v) is 6.80. The first-order valence-electron chi connectivity index (χ1n) is 7.88. The molecule has 0 N–H and O–H groups in total. The Morgan fingerprint density at radius 3 is 2.76 bits per heavy atom. The van der Waals surface area contributed by atoms with E-state index in [9.17, 15) is 9.60 Å². The minimum atomic E-state index is -0.408. The summed E-state index contributed by atoms with van der Waals surface area (Å²) in [5, 5.41) is 13.0. The summed E-state index contributed by atoms with van der Waals surface area (Å²) in [4.78, 5) is 5.48. The summed E-state index contributed by atoms with van der Waals surface area (Å²) in [6.45, 7) is 1.97. The zero-order valence-electron chi connectivity index (χ0n) is 13.9. The highest BCUT2D eigenvalue weighted by molar-refractivity contribution is 7.98. The average molecular weight is 353 g/mol. The molecular weight excluding hydrogens is 337 g/mol. The van der Waals surface area contributed by atoms with Gasteiger partial charge in [-0.2, -0.15) is 4.74 Å². The van der Waals surface area contributed by atoms with E-state index in [2.05, 4.69) is 4.98 Å². The molecule has 0 atom stereocenters. The van der Waals surface area contributed by atoms with Gasteiger partial charge in [0.25, 0.3) is 0 Å². The van der Waals surface area contributed by atoms with Crippen LogP contribution in [0.15, 0.2) is 53.6 Å². The quantitative estimate of drug-likeness (QED) is 0.399. The summed E-state index contributed by atoms with van der Waals surface area (Å²) in [6.07, 6.45) is 3.88. The van der Waals surface area contributed by atoms with E-state index in [1.54, 1.807) is 30.0 Å². The van der Waals surface area contributed by atoms with Crippen LogP contribution in [0.1, 0.15) is 22.6 Å². The molecular formula is C19H16FN3OS. The van der Waals surface area contributed by atoms with Gasteiger partial charge in [-0.15, -0.1) is 11.8 Å². The molecule has 4 rings (SSSR count). The van der Waals surface area contributed by atoms with E-state index >= 15 is 0 Å². The highest BCUT2D eigenvalue weighted by Gasteiger charge is 2.29. The number of halogens is 1. The first-order chi connectivity index (χ1) is 12.1. The molecule has 2 aromatic carbocycles. The van der Waals surface area contributed by atoms with Gasteiger partial charge in [-0.05, 0) is 43.5 Å². The molecule has 0 radical (unpaired) electrons. The van der Waals surface area contributed by atoms with Gasteiger partial charge in [-0.3, -0.25) is 4.57 Å². The largest absolute Gasteiger partial charge is 0.623 e. The van der Waals surface area contributed by atoms with Crippen LogP contribution < -0.4 is 0 Å². The number of thioether (sulfide) groups is 1. The van der Waals surface area contributed by atoms with Crippen molar-refractivity contribution in [3.05, 3.63) is 82.3 Å². The lowest BCUT2D eigenvalue weighted by Gasteiger charge is -2.12. The van der Waals surface area contributed by atoms with Gasteiger partial charge in [0.15, 0.2) is 5.82 Å². The first kappa shape index (κ1) is 15.9. The van der Waals surface area contributed by atoms with E-state index in [0.29, 0.717) is 22.7 Å². The zero-order chi connectivity index (χ0) is 17.6. The molecule has 126 valence electrons. The van der Waals surface area contributed by atoms with Crippen LogP contribution in [0.2, 0.25) is 0 Å². The highest BCUT2D eigenvalue weighted by Crippen LogP contribution is 2.29. The molecule has 0 unspecified atom stereocenters. The van der Waals surface area contributed by atoms with Crippen LogP contribution in [0.5, 0.6) is 0 Å². The number of hydroxylamine groups is 1. The predicted octanol–water partition coefficient (Wildman–Crippen LogP) is 3.90. The minimum Gasteiger partial charge on any atom is -0.623 e. The smallest absolute Gasteiger partial charge is 0.231 e. The number of fused-ring (bicyclic) bond motifs is 3. The van der Waals surface area contributed by atoms with E-state index < -0.39 is 5.82 Å². The minimum absolute atomic E-state index is 0.0702. The van der Waals surface area contributed by atoms with Crippen LogP contribution in [0.3, 0.4) is 0 Å². The Balaban J connectivity index is 2.06. The van der Waals surface area contributed by atoms with E-state index in [0.717, 1.165) is 21.0 Å². The van der Waals surface area contributed by atoms with Gasteiger partial charge in [0.1, 0.15) is 5.82 Å². The molecule has 6 heteroatoms. The maximum atomic E-state index is 14.5. The Hall–Kier alpha value is -2.60. The van der Waals surface area contributed by atoms with Gasteiger partial charge < -0.3 is 5.21 Å². The number of aryl methyl sites for hydroxylation is 1. The number of hydrogen-bond donors (Lipinski definition) is 0. The molecule has 25 heavy (non-hydrogen) atoms. The maximum absolute atomic E-state index is 14.5. The number of benzene rings is 2. The van der Waals surface area contributed by atoms with Crippen molar-refractivity contribution in [2.75, 3.05) is 6.26 Å². The summed E-state index contributed by atoms with van der Waals surface area (Å²) in [5.41, 5.74) is 3.04. The second kappa shape index (κ2) is 6.04. The molecule has 1 aliphatic heterocycles. The van der Waals surface area contributed by atoms with Gasteiger partial charge in [0, 0.05) is 11.1 Å². The molecule has 0 amide bonds. The van der Waals surface area contributed by atoms with Crippen LogP contribution >= 0.6 is 11.8 Å². The second-order valence-electron chi connectivity index (χ2n) is 5.92. The summed E-state index contributed by atoms with van der Waals surface area (Å²) < 4.78 is 17.2. The van der Waals surface area contributed by atoms with E-state index in [1.807, 2.05) is 42.1 Å².